The van der Waals surface area contributed by atoms with Gasteiger partial charge in [-0.3, -0.25) is 4.79 Å². The molecule has 0 amide bonds. The zero-order valence-electron chi connectivity index (χ0n) is 8.38. The fraction of sp³-hybridized carbons (Fsp3) is 0.364. The number of hydrogen-bond acceptors (Lipinski definition) is 2. The highest BCUT2D eigenvalue weighted by molar-refractivity contribution is 5.83. The average Bonchev–Trinajstić information content (AvgIpc) is 2.16. The minimum Gasteiger partial charge on any atom is -0.318 e. The maximum Gasteiger partial charge on any atom is 0.150 e. The molecule has 2 nitrogen and oxygen atoms in total. The summed E-state index contributed by atoms with van der Waals surface area (Å²) in [5.74, 6) is -0.396. The van der Waals surface area contributed by atoms with Crippen LogP contribution in [-0.2, 0) is 11.2 Å². The summed E-state index contributed by atoms with van der Waals surface area (Å²) in [6.07, 6.45) is 0.675. The molecule has 0 aromatic heterocycles. The number of hydrogen-bond donors (Lipinski definition) is 1. The fourth-order valence-electron chi connectivity index (χ4n) is 1.40. The van der Waals surface area contributed by atoms with Crippen LogP contribution in [0.2, 0.25) is 0 Å². The van der Waals surface area contributed by atoms with E-state index in [4.69, 9.17) is 5.73 Å². The van der Waals surface area contributed by atoms with Gasteiger partial charge in [-0.15, -0.1) is 0 Å². The zero-order valence-corrected chi connectivity index (χ0v) is 8.38. The summed E-state index contributed by atoms with van der Waals surface area (Å²) >= 11 is 0. The molecule has 1 rings (SSSR count). The van der Waals surface area contributed by atoms with Crippen LogP contribution in [0.4, 0.5) is 4.39 Å². The van der Waals surface area contributed by atoms with Crippen molar-refractivity contribution in [2.45, 2.75) is 26.3 Å². The molecule has 0 saturated carbocycles. The number of carbonyl (C=O) groups is 1. The third kappa shape index (κ3) is 2.17. The molecule has 1 atom stereocenters. The Bertz CT molecular complexity index is 349. The van der Waals surface area contributed by atoms with Crippen LogP contribution in [0.25, 0.3) is 0 Å². The fourth-order valence-corrected chi connectivity index (χ4v) is 1.40. The molecule has 0 heterocycles. The Balaban J connectivity index is 3.13. The van der Waals surface area contributed by atoms with E-state index >= 15 is 0 Å². The van der Waals surface area contributed by atoms with Gasteiger partial charge < -0.3 is 5.73 Å². The van der Waals surface area contributed by atoms with Crippen LogP contribution in [0, 0.1) is 5.82 Å². The second kappa shape index (κ2) is 4.33. The number of carbonyl (C=O) groups excluding carboxylic acids is 1. The highest BCUT2D eigenvalue weighted by Crippen LogP contribution is 2.18. The maximum absolute atomic E-state index is 12.9. The van der Waals surface area contributed by atoms with Gasteiger partial charge in [0.05, 0.1) is 6.04 Å². The lowest BCUT2D eigenvalue weighted by molar-refractivity contribution is -0.118. The van der Waals surface area contributed by atoms with Crippen molar-refractivity contribution in [3.8, 4) is 0 Å². The van der Waals surface area contributed by atoms with E-state index in [2.05, 4.69) is 0 Å². The SMILES string of the molecule is CCc1cc(F)ccc1C(N)C(C)=O. The van der Waals surface area contributed by atoms with Gasteiger partial charge >= 0.3 is 0 Å². The number of rotatable bonds is 3. The minimum absolute atomic E-state index is 0.105. The van der Waals surface area contributed by atoms with Crippen LogP contribution in [-0.4, -0.2) is 5.78 Å². The second-order valence-corrected chi connectivity index (χ2v) is 3.29. The molecular weight excluding hydrogens is 181 g/mol. The molecule has 0 aliphatic rings. The highest BCUT2D eigenvalue weighted by Gasteiger charge is 2.14. The van der Waals surface area contributed by atoms with Crippen molar-refractivity contribution < 1.29 is 9.18 Å². The summed E-state index contributed by atoms with van der Waals surface area (Å²) in [4.78, 5) is 11.1. The first kappa shape index (κ1) is 10.9. The van der Waals surface area contributed by atoms with Crippen molar-refractivity contribution in [3.05, 3.63) is 35.1 Å². The number of nitrogens with two attached hydrogens (primary N) is 1. The summed E-state index contributed by atoms with van der Waals surface area (Å²) < 4.78 is 12.9. The Hall–Kier alpha value is -1.22. The summed E-state index contributed by atoms with van der Waals surface area (Å²) in [5, 5.41) is 0. The molecule has 1 aromatic carbocycles. The largest absolute Gasteiger partial charge is 0.318 e. The quantitative estimate of drug-likeness (QED) is 0.801. The molecule has 1 aromatic rings. The summed E-state index contributed by atoms with van der Waals surface area (Å²) in [6, 6.07) is 3.71. The normalized spacial score (nSPS) is 12.6. The molecular formula is C11H14FNO. The smallest absolute Gasteiger partial charge is 0.150 e. The van der Waals surface area contributed by atoms with Crippen molar-refractivity contribution in [3.63, 3.8) is 0 Å². The van der Waals surface area contributed by atoms with Crippen molar-refractivity contribution in [1.29, 1.82) is 0 Å². The molecule has 1 unspecified atom stereocenters. The van der Waals surface area contributed by atoms with Crippen LogP contribution in [0.15, 0.2) is 18.2 Å². The standard InChI is InChI=1S/C11H14FNO/c1-3-8-6-9(12)4-5-10(8)11(13)7(2)14/h4-6,11H,3,13H2,1-2H3. The third-order valence-corrected chi connectivity index (χ3v) is 2.26. The van der Waals surface area contributed by atoms with E-state index in [1.54, 1.807) is 6.07 Å². The zero-order chi connectivity index (χ0) is 10.7. The van der Waals surface area contributed by atoms with Gasteiger partial charge in [-0.05, 0) is 36.6 Å². The van der Waals surface area contributed by atoms with Crippen LogP contribution in [0.3, 0.4) is 0 Å². The third-order valence-electron chi connectivity index (χ3n) is 2.26. The Labute approximate surface area is 82.9 Å². The molecule has 0 saturated heterocycles. The Morgan fingerprint density at radius 2 is 2.21 bits per heavy atom. The van der Waals surface area contributed by atoms with Crippen LogP contribution in [0.5, 0.6) is 0 Å². The minimum atomic E-state index is -0.634. The first-order chi connectivity index (χ1) is 6.56. The summed E-state index contributed by atoms with van der Waals surface area (Å²) in [6.45, 7) is 3.35. The molecule has 0 fully saturated rings. The predicted molar refractivity (Wildman–Crippen MR) is 53.4 cm³/mol. The van der Waals surface area contributed by atoms with Crippen LogP contribution < -0.4 is 5.73 Å². The van der Waals surface area contributed by atoms with Crippen molar-refractivity contribution >= 4 is 5.78 Å². The van der Waals surface area contributed by atoms with Gasteiger partial charge in [0.2, 0.25) is 0 Å². The van der Waals surface area contributed by atoms with Gasteiger partial charge in [-0.1, -0.05) is 13.0 Å². The van der Waals surface area contributed by atoms with Gasteiger partial charge in [0.25, 0.3) is 0 Å². The van der Waals surface area contributed by atoms with Gasteiger partial charge in [0.1, 0.15) is 5.82 Å². The van der Waals surface area contributed by atoms with Gasteiger partial charge in [-0.2, -0.15) is 0 Å². The Morgan fingerprint density at radius 3 is 2.71 bits per heavy atom. The van der Waals surface area contributed by atoms with E-state index < -0.39 is 6.04 Å². The molecule has 2 N–H and O–H groups in total. The lowest BCUT2D eigenvalue weighted by atomic mass is 9.97. The molecule has 0 aliphatic carbocycles. The van der Waals surface area contributed by atoms with Crippen molar-refractivity contribution in [2.75, 3.05) is 0 Å². The van der Waals surface area contributed by atoms with E-state index in [0.717, 1.165) is 11.1 Å². The van der Waals surface area contributed by atoms with E-state index in [-0.39, 0.29) is 11.6 Å². The highest BCUT2D eigenvalue weighted by atomic mass is 19.1. The van der Waals surface area contributed by atoms with Crippen LogP contribution in [0.1, 0.15) is 31.0 Å². The Kier molecular flexibility index (Phi) is 3.36. The second-order valence-electron chi connectivity index (χ2n) is 3.29. The van der Waals surface area contributed by atoms with Gasteiger partial charge in [0.15, 0.2) is 5.78 Å². The van der Waals surface area contributed by atoms with Gasteiger partial charge in [-0.25, -0.2) is 4.39 Å². The monoisotopic (exact) mass is 195 g/mol. The maximum atomic E-state index is 12.9. The summed E-state index contributed by atoms with van der Waals surface area (Å²) in [5.41, 5.74) is 7.21. The lowest BCUT2D eigenvalue weighted by Crippen LogP contribution is -2.20. The van der Waals surface area contributed by atoms with Crippen molar-refractivity contribution in [2.24, 2.45) is 5.73 Å². The molecule has 0 radical (unpaired) electrons. The number of Topliss-reactive ketones (excluding diaryl/α,β-unsaturated/α-hetero) is 1. The first-order valence-corrected chi connectivity index (χ1v) is 4.60. The Morgan fingerprint density at radius 1 is 1.57 bits per heavy atom. The van der Waals surface area contributed by atoms with Crippen molar-refractivity contribution in [1.82, 2.24) is 0 Å². The van der Waals surface area contributed by atoms with Gasteiger partial charge in [0, 0.05) is 0 Å². The molecule has 14 heavy (non-hydrogen) atoms. The number of ketones is 1. The number of benzene rings is 1. The molecule has 76 valence electrons. The molecule has 0 aliphatic heterocycles. The molecule has 0 spiro atoms. The number of halogens is 1. The topological polar surface area (TPSA) is 43.1 Å². The van der Waals surface area contributed by atoms with E-state index in [1.807, 2.05) is 6.92 Å². The average molecular weight is 195 g/mol. The van der Waals surface area contributed by atoms with E-state index in [9.17, 15) is 9.18 Å². The predicted octanol–water partition coefficient (Wildman–Crippen LogP) is 1.98. The van der Waals surface area contributed by atoms with E-state index in [0.29, 0.717) is 6.42 Å². The lowest BCUT2D eigenvalue weighted by Gasteiger charge is -2.12. The van der Waals surface area contributed by atoms with Crippen LogP contribution >= 0.6 is 0 Å². The first-order valence-electron chi connectivity index (χ1n) is 4.60. The molecule has 3 heteroatoms. The number of aryl methyl sites for hydroxylation is 1. The summed E-state index contributed by atoms with van der Waals surface area (Å²) in [7, 11) is 0. The molecule has 0 bridgehead atoms. The van der Waals surface area contributed by atoms with E-state index in [1.165, 1.54) is 19.1 Å².